The third-order valence-electron chi connectivity index (χ3n) is 7.11. The highest BCUT2D eigenvalue weighted by molar-refractivity contribution is 5.87. The van der Waals surface area contributed by atoms with E-state index >= 15 is 0 Å². The summed E-state index contributed by atoms with van der Waals surface area (Å²) < 4.78 is 6.47. The van der Waals surface area contributed by atoms with Crippen molar-refractivity contribution in [2.75, 3.05) is 0 Å². The van der Waals surface area contributed by atoms with Crippen LogP contribution in [0.15, 0.2) is 72.8 Å². The number of ether oxygens (including phenoxy) is 1. The Kier molecular flexibility index (Phi) is 6.40. The maximum Gasteiger partial charge on any atom is 0.335 e. The quantitative estimate of drug-likeness (QED) is 0.412. The van der Waals surface area contributed by atoms with Crippen molar-refractivity contribution in [3.8, 4) is 5.75 Å². The Labute approximate surface area is 203 Å². The summed E-state index contributed by atoms with van der Waals surface area (Å²) in [6, 6.07) is 21.8. The molecule has 0 amide bonds. The van der Waals surface area contributed by atoms with Crippen molar-refractivity contribution in [1.29, 1.82) is 0 Å². The van der Waals surface area contributed by atoms with E-state index in [9.17, 15) is 4.79 Å². The lowest BCUT2D eigenvalue weighted by Crippen LogP contribution is -2.34. The normalized spacial score (nSPS) is 17.2. The highest BCUT2D eigenvalue weighted by atomic mass is 16.5. The molecule has 1 unspecified atom stereocenters. The second-order valence-corrected chi connectivity index (χ2v) is 10.7. The molecule has 0 bridgehead atoms. The van der Waals surface area contributed by atoms with Gasteiger partial charge in [-0.05, 0) is 83.2 Å². The zero-order chi connectivity index (χ0) is 24.5. The Balaban J connectivity index is 1.72. The molecule has 0 saturated heterocycles. The number of hydrogen-bond acceptors (Lipinski definition) is 2. The molecule has 0 aromatic heterocycles. The van der Waals surface area contributed by atoms with Crippen LogP contribution in [0.4, 0.5) is 0 Å². The van der Waals surface area contributed by atoms with Crippen molar-refractivity contribution in [2.45, 2.75) is 64.4 Å². The van der Waals surface area contributed by atoms with E-state index < -0.39 is 5.97 Å². The molecule has 3 aromatic rings. The van der Waals surface area contributed by atoms with Gasteiger partial charge in [-0.3, -0.25) is 0 Å². The molecule has 0 radical (unpaired) electrons. The first-order chi connectivity index (χ1) is 16.0. The first-order valence-electron chi connectivity index (χ1n) is 11.9. The Morgan fingerprint density at radius 2 is 1.50 bits per heavy atom. The molecule has 1 atom stereocenters. The number of carboxylic acids is 1. The maximum absolute atomic E-state index is 11.2. The van der Waals surface area contributed by atoms with Crippen molar-refractivity contribution in [1.82, 2.24) is 0 Å². The molecule has 176 valence electrons. The van der Waals surface area contributed by atoms with E-state index in [1.807, 2.05) is 30.3 Å². The van der Waals surface area contributed by atoms with Crippen molar-refractivity contribution in [3.63, 3.8) is 0 Å². The Morgan fingerprint density at radius 1 is 0.882 bits per heavy atom. The average Bonchev–Trinajstić information content (AvgIpc) is 2.81. The highest BCUT2D eigenvalue weighted by Gasteiger charge is 2.37. The smallest absolute Gasteiger partial charge is 0.335 e. The molecule has 0 spiro atoms. The monoisotopic (exact) mass is 454 g/mol. The molecule has 1 aliphatic rings. The molecule has 3 aromatic carbocycles. The Morgan fingerprint density at radius 3 is 2.12 bits per heavy atom. The van der Waals surface area contributed by atoms with Crippen LogP contribution < -0.4 is 4.74 Å². The molecular weight excluding hydrogens is 420 g/mol. The molecule has 0 saturated carbocycles. The minimum atomic E-state index is -0.921. The predicted molar refractivity (Wildman–Crippen MR) is 139 cm³/mol. The molecule has 4 rings (SSSR count). The molecule has 3 nitrogen and oxygen atoms in total. The summed E-state index contributed by atoms with van der Waals surface area (Å²) in [6.07, 6.45) is 6.12. The minimum Gasteiger partial charge on any atom is -0.482 e. The fourth-order valence-electron chi connectivity index (χ4n) is 4.70. The summed E-state index contributed by atoms with van der Waals surface area (Å²) >= 11 is 0. The first-order valence-corrected chi connectivity index (χ1v) is 11.9. The number of aromatic carboxylic acids is 1. The van der Waals surface area contributed by atoms with Crippen molar-refractivity contribution < 1.29 is 14.6 Å². The van der Waals surface area contributed by atoms with E-state index in [2.05, 4.69) is 71.0 Å². The average molecular weight is 455 g/mol. The SMILES string of the molecule is Cc1ccc(OC(/C=C/c2ccc(C(=O)O)cc2)c2ccc3c(c2)C(C)(C)CCC3(C)C)cc1. The fourth-order valence-corrected chi connectivity index (χ4v) is 4.70. The summed E-state index contributed by atoms with van der Waals surface area (Å²) in [4.78, 5) is 11.2. The number of benzene rings is 3. The number of carboxylic acid groups (broad SMARTS) is 1. The van der Waals surface area contributed by atoms with E-state index in [0.717, 1.165) is 23.3 Å². The topological polar surface area (TPSA) is 46.5 Å². The zero-order valence-corrected chi connectivity index (χ0v) is 20.8. The van der Waals surface area contributed by atoms with Gasteiger partial charge in [-0.2, -0.15) is 0 Å². The van der Waals surface area contributed by atoms with E-state index in [4.69, 9.17) is 9.84 Å². The van der Waals surface area contributed by atoms with Crippen LogP contribution in [-0.2, 0) is 10.8 Å². The fraction of sp³-hybridized carbons (Fsp3) is 0.323. The molecule has 0 fully saturated rings. The van der Waals surface area contributed by atoms with Gasteiger partial charge in [-0.1, -0.05) is 81.8 Å². The number of aryl methyl sites for hydroxylation is 1. The Bertz CT molecular complexity index is 1200. The van der Waals surface area contributed by atoms with Gasteiger partial charge in [0.05, 0.1) is 5.56 Å². The predicted octanol–water partition coefficient (Wildman–Crippen LogP) is 7.88. The van der Waals surface area contributed by atoms with Gasteiger partial charge in [0.1, 0.15) is 11.9 Å². The highest BCUT2D eigenvalue weighted by Crippen LogP contribution is 2.46. The summed E-state index contributed by atoms with van der Waals surface area (Å²) in [5.41, 5.74) is 6.63. The third kappa shape index (κ3) is 5.09. The molecular formula is C31H34O3. The number of fused-ring (bicyclic) bond motifs is 1. The lowest BCUT2D eigenvalue weighted by atomic mass is 9.63. The summed E-state index contributed by atoms with van der Waals surface area (Å²) in [6.45, 7) is 11.4. The number of hydrogen-bond donors (Lipinski definition) is 1. The van der Waals surface area contributed by atoms with Crippen LogP contribution in [-0.4, -0.2) is 11.1 Å². The number of carbonyl (C=O) groups is 1. The third-order valence-corrected chi connectivity index (χ3v) is 7.11. The summed E-state index contributed by atoms with van der Waals surface area (Å²) in [5.74, 6) is -0.102. The standard InChI is InChI=1S/C31H34O3/c1-21-6-14-25(15-7-21)34-28(17-10-22-8-11-23(12-9-22)29(32)33)24-13-16-26-27(20-24)31(4,5)19-18-30(26,2)3/h6-17,20,28H,18-19H2,1-5H3,(H,32,33)/b17-10+. The molecule has 0 aliphatic heterocycles. The Hall–Kier alpha value is -3.33. The lowest BCUT2D eigenvalue weighted by molar-refractivity contribution is 0.0697. The van der Waals surface area contributed by atoms with Gasteiger partial charge in [0.15, 0.2) is 0 Å². The van der Waals surface area contributed by atoms with Crippen LogP contribution in [0.2, 0.25) is 0 Å². The molecule has 0 heterocycles. The summed E-state index contributed by atoms with van der Waals surface area (Å²) in [7, 11) is 0. The van der Waals surface area contributed by atoms with Gasteiger partial charge in [0.2, 0.25) is 0 Å². The van der Waals surface area contributed by atoms with Gasteiger partial charge < -0.3 is 9.84 Å². The maximum atomic E-state index is 11.2. The minimum absolute atomic E-state index is 0.117. The molecule has 1 N–H and O–H groups in total. The zero-order valence-electron chi connectivity index (χ0n) is 20.8. The van der Waals surface area contributed by atoms with E-state index in [0.29, 0.717) is 0 Å². The molecule has 34 heavy (non-hydrogen) atoms. The van der Waals surface area contributed by atoms with Crippen LogP contribution in [0.5, 0.6) is 5.75 Å². The van der Waals surface area contributed by atoms with Gasteiger partial charge in [0, 0.05) is 0 Å². The van der Waals surface area contributed by atoms with Gasteiger partial charge in [-0.15, -0.1) is 0 Å². The van der Waals surface area contributed by atoms with Crippen LogP contribution in [0.25, 0.3) is 6.08 Å². The van der Waals surface area contributed by atoms with E-state index in [1.165, 1.54) is 23.1 Å². The van der Waals surface area contributed by atoms with E-state index in [1.54, 1.807) is 12.1 Å². The molecule has 3 heteroatoms. The van der Waals surface area contributed by atoms with Crippen LogP contribution in [0, 0.1) is 6.92 Å². The van der Waals surface area contributed by atoms with E-state index in [-0.39, 0.29) is 22.5 Å². The number of rotatable bonds is 6. The van der Waals surface area contributed by atoms with Gasteiger partial charge >= 0.3 is 5.97 Å². The van der Waals surface area contributed by atoms with Crippen LogP contribution in [0.3, 0.4) is 0 Å². The van der Waals surface area contributed by atoms with Gasteiger partial charge in [0.25, 0.3) is 0 Å². The second-order valence-electron chi connectivity index (χ2n) is 10.7. The first kappa shape index (κ1) is 23.8. The largest absolute Gasteiger partial charge is 0.482 e. The van der Waals surface area contributed by atoms with Crippen molar-refractivity contribution >= 4 is 12.0 Å². The lowest BCUT2D eigenvalue weighted by Gasteiger charge is -2.42. The van der Waals surface area contributed by atoms with Crippen LogP contribution in [0.1, 0.15) is 84.8 Å². The van der Waals surface area contributed by atoms with Crippen molar-refractivity contribution in [2.24, 2.45) is 0 Å². The van der Waals surface area contributed by atoms with Crippen LogP contribution >= 0.6 is 0 Å². The van der Waals surface area contributed by atoms with Gasteiger partial charge in [-0.25, -0.2) is 4.79 Å². The second kappa shape index (κ2) is 9.13. The summed E-state index contributed by atoms with van der Waals surface area (Å²) in [5, 5.41) is 9.16. The van der Waals surface area contributed by atoms with Crippen molar-refractivity contribution in [3.05, 3.63) is 106 Å². The molecule has 1 aliphatic carbocycles.